The summed E-state index contributed by atoms with van der Waals surface area (Å²) in [7, 11) is -3.51. The van der Waals surface area contributed by atoms with E-state index in [1.165, 1.54) is 9.18 Å². The van der Waals surface area contributed by atoms with Gasteiger partial charge in [-0.3, -0.25) is 4.31 Å². The van der Waals surface area contributed by atoms with Crippen LogP contribution in [0.3, 0.4) is 0 Å². The lowest BCUT2D eigenvalue weighted by atomic mass is 10.1. The van der Waals surface area contributed by atoms with Crippen LogP contribution in [-0.2, 0) is 23.1 Å². The van der Waals surface area contributed by atoms with E-state index in [-0.39, 0.29) is 5.75 Å². The van der Waals surface area contributed by atoms with Crippen molar-refractivity contribution in [1.29, 1.82) is 0 Å². The van der Waals surface area contributed by atoms with Gasteiger partial charge in [-0.2, -0.15) is 13.1 Å². The second-order valence-corrected chi connectivity index (χ2v) is 8.14. The first kappa shape index (κ1) is 15.3. The van der Waals surface area contributed by atoms with Gasteiger partial charge in [0.05, 0.1) is 10.7 Å². The minimum atomic E-state index is -3.51. The van der Waals surface area contributed by atoms with Crippen molar-refractivity contribution in [2.24, 2.45) is 0 Å². The van der Waals surface area contributed by atoms with E-state index >= 15 is 0 Å². The highest BCUT2D eigenvalue weighted by atomic mass is 32.2. The molecule has 6 nitrogen and oxygen atoms in total. The number of hydrogen-bond acceptors (Lipinski definition) is 5. The van der Waals surface area contributed by atoms with E-state index in [9.17, 15) is 13.5 Å². The Balaban J connectivity index is 1.75. The summed E-state index contributed by atoms with van der Waals surface area (Å²) in [5, 5.41) is 11.2. The zero-order valence-electron chi connectivity index (χ0n) is 12.1. The summed E-state index contributed by atoms with van der Waals surface area (Å²) in [5.41, 5.74) is 1.29. The Kier molecular flexibility index (Phi) is 4.07. The third-order valence-electron chi connectivity index (χ3n) is 3.53. The zero-order chi connectivity index (χ0) is 15.7. The molecule has 22 heavy (non-hydrogen) atoms. The van der Waals surface area contributed by atoms with Gasteiger partial charge in [-0.15, -0.1) is 11.3 Å². The molecule has 3 rings (SSSR count). The van der Waals surface area contributed by atoms with Crippen molar-refractivity contribution < 1.29 is 13.5 Å². The number of nitrogens with zero attached hydrogens (tertiary/aromatic N) is 2. The molecular formula is C14H17N3O3S2. The number of hydrogen-bond donors (Lipinski definition) is 2. The molecule has 2 N–H and O–H groups in total. The highest BCUT2D eigenvalue weighted by molar-refractivity contribution is 7.91. The Morgan fingerprint density at radius 1 is 1.41 bits per heavy atom. The number of aromatic nitrogens is 1. The van der Waals surface area contributed by atoms with Crippen molar-refractivity contribution in [3.8, 4) is 5.75 Å². The van der Waals surface area contributed by atoms with Crippen molar-refractivity contribution in [2.75, 3.05) is 17.4 Å². The second-order valence-electron chi connectivity index (χ2n) is 5.14. The molecule has 1 aromatic heterocycles. The molecule has 1 saturated heterocycles. The second kappa shape index (κ2) is 5.86. The largest absolute Gasteiger partial charge is 0.506 e. The Morgan fingerprint density at radius 2 is 2.23 bits per heavy atom. The van der Waals surface area contributed by atoms with Crippen molar-refractivity contribution in [1.82, 2.24) is 9.71 Å². The Labute approximate surface area is 133 Å². The van der Waals surface area contributed by atoms with Gasteiger partial charge in [-0.1, -0.05) is 6.07 Å². The standard InChI is InChI=1S/C14H17N3O3S2/c1-10-15-9-12(21-10)4-2-11-3-5-13(14(18)8-11)17-7-6-16-22(17,19)20/h3,5,8-9,16,18H,2,4,6-7H2,1H3. The molecule has 0 bridgehead atoms. The number of phenolic OH excluding ortho intramolecular Hbond substituents is 1. The molecule has 2 aromatic rings. The van der Waals surface area contributed by atoms with Crippen LogP contribution in [0.15, 0.2) is 24.4 Å². The first-order chi connectivity index (χ1) is 10.5. The topological polar surface area (TPSA) is 82.5 Å². The van der Waals surface area contributed by atoms with Gasteiger partial charge in [0.2, 0.25) is 0 Å². The smallest absolute Gasteiger partial charge is 0.301 e. The molecule has 0 aliphatic carbocycles. The molecular weight excluding hydrogens is 322 g/mol. The fourth-order valence-electron chi connectivity index (χ4n) is 2.45. The lowest BCUT2D eigenvalue weighted by Crippen LogP contribution is -2.29. The van der Waals surface area contributed by atoms with Crippen LogP contribution >= 0.6 is 11.3 Å². The summed E-state index contributed by atoms with van der Waals surface area (Å²) in [5.74, 6) is -0.00902. The van der Waals surface area contributed by atoms with Crippen LogP contribution in [0, 0.1) is 6.92 Å². The predicted molar refractivity (Wildman–Crippen MR) is 86.6 cm³/mol. The number of anilines is 1. The molecule has 2 heterocycles. The van der Waals surface area contributed by atoms with Crippen LogP contribution in [0.25, 0.3) is 0 Å². The molecule has 0 saturated carbocycles. The van der Waals surface area contributed by atoms with Crippen molar-refractivity contribution in [3.63, 3.8) is 0 Å². The van der Waals surface area contributed by atoms with Crippen molar-refractivity contribution >= 4 is 27.2 Å². The van der Waals surface area contributed by atoms with Crippen LogP contribution in [0.1, 0.15) is 15.4 Å². The quantitative estimate of drug-likeness (QED) is 0.886. The van der Waals surface area contributed by atoms with Gasteiger partial charge in [0.25, 0.3) is 0 Å². The number of phenols is 1. The minimum Gasteiger partial charge on any atom is -0.506 e. The summed E-state index contributed by atoms with van der Waals surface area (Å²) in [6.07, 6.45) is 3.50. The maximum atomic E-state index is 11.8. The van der Waals surface area contributed by atoms with Crippen LogP contribution in [0.2, 0.25) is 0 Å². The molecule has 118 valence electrons. The fraction of sp³-hybridized carbons (Fsp3) is 0.357. The molecule has 0 unspecified atom stereocenters. The van der Waals surface area contributed by atoms with E-state index in [0.717, 1.165) is 23.4 Å². The number of nitrogens with one attached hydrogen (secondary N) is 1. The molecule has 1 aliphatic heterocycles. The third kappa shape index (κ3) is 3.08. The number of rotatable bonds is 4. The average molecular weight is 339 g/mol. The molecule has 0 radical (unpaired) electrons. The zero-order valence-corrected chi connectivity index (χ0v) is 13.7. The van der Waals surface area contributed by atoms with Crippen LogP contribution in [-0.4, -0.2) is 31.6 Å². The molecule has 1 fully saturated rings. The molecule has 8 heteroatoms. The highest BCUT2D eigenvalue weighted by Crippen LogP contribution is 2.31. The lowest BCUT2D eigenvalue weighted by molar-refractivity contribution is 0.475. The van der Waals surface area contributed by atoms with E-state index in [1.54, 1.807) is 23.5 Å². The fourth-order valence-corrected chi connectivity index (χ4v) is 4.49. The summed E-state index contributed by atoms with van der Waals surface area (Å²) < 4.78 is 27.2. The first-order valence-electron chi connectivity index (χ1n) is 6.96. The van der Waals surface area contributed by atoms with Crippen LogP contribution < -0.4 is 9.03 Å². The first-order valence-corrected chi connectivity index (χ1v) is 9.22. The average Bonchev–Trinajstić information content (AvgIpc) is 3.02. The van der Waals surface area contributed by atoms with E-state index < -0.39 is 10.2 Å². The molecule has 0 spiro atoms. The van der Waals surface area contributed by atoms with Crippen LogP contribution in [0.5, 0.6) is 5.75 Å². The van der Waals surface area contributed by atoms with Gasteiger partial charge in [0.15, 0.2) is 0 Å². The van der Waals surface area contributed by atoms with Gasteiger partial charge >= 0.3 is 10.2 Å². The maximum absolute atomic E-state index is 11.8. The normalized spacial score (nSPS) is 17.0. The van der Waals surface area contributed by atoms with Gasteiger partial charge in [-0.05, 0) is 37.5 Å². The highest BCUT2D eigenvalue weighted by Gasteiger charge is 2.29. The Hall–Kier alpha value is -1.64. The Morgan fingerprint density at radius 3 is 2.82 bits per heavy atom. The summed E-state index contributed by atoms with van der Waals surface area (Å²) >= 11 is 1.67. The molecule has 1 aliphatic rings. The number of thiazole rings is 1. The number of aryl methyl sites for hydroxylation is 3. The predicted octanol–water partition coefficient (Wildman–Crippen LogP) is 1.60. The summed E-state index contributed by atoms with van der Waals surface area (Å²) in [4.78, 5) is 5.42. The van der Waals surface area contributed by atoms with Gasteiger partial charge in [0, 0.05) is 24.2 Å². The summed E-state index contributed by atoms with van der Waals surface area (Å²) in [6.45, 7) is 2.66. The minimum absolute atomic E-state index is 0.00902. The number of benzene rings is 1. The van der Waals surface area contributed by atoms with E-state index in [1.807, 2.05) is 19.2 Å². The van der Waals surface area contributed by atoms with E-state index in [2.05, 4.69) is 9.71 Å². The third-order valence-corrected chi connectivity index (χ3v) is 6.03. The van der Waals surface area contributed by atoms with Gasteiger partial charge < -0.3 is 5.11 Å². The van der Waals surface area contributed by atoms with E-state index in [4.69, 9.17) is 0 Å². The Bertz CT molecular complexity index is 786. The summed E-state index contributed by atoms with van der Waals surface area (Å²) in [6, 6.07) is 5.15. The van der Waals surface area contributed by atoms with Crippen molar-refractivity contribution in [2.45, 2.75) is 19.8 Å². The lowest BCUT2D eigenvalue weighted by Gasteiger charge is -2.17. The van der Waals surface area contributed by atoms with Gasteiger partial charge in [-0.25, -0.2) is 4.98 Å². The molecule has 1 aromatic carbocycles. The molecule has 0 amide bonds. The number of aromatic hydroxyl groups is 1. The maximum Gasteiger partial charge on any atom is 0.301 e. The van der Waals surface area contributed by atoms with Crippen LogP contribution in [0.4, 0.5) is 5.69 Å². The monoisotopic (exact) mass is 339 g/mol. The molecule has 0 atom stereocenters. The van der Waals surface area contributed by atoms with Gasteiger partial charge in [0.1, 0.15) is 5.75 Å². The van der Waals surface area contributed by atoms with E-state index in [0.29, 0.717) is 18.8 Å². The SMILES string of the molecule is Cc1ncc(CCc2ccc(N3CCNS3(=O)=O)c(O)c2)s1. The van der Waals surface area contributed by atoms with Crippen molar-refractivity contribution in [3.05, 3.63) is 39.8 Å².